The van der Waals surface area contributed by atoms with Crippen molar-refractivity contribution in [3.05, 3.63) is 36.0 Å². The number of furan rings is 1. The molecule has 5 nitrogen and oxygen atoms in total. The molecule has 0 aliphatic carbocycles. The zero-order chi connectivity index (χ0) is 14.2. The highest BCUT2D eigenvalue weighted by atomic mass is 16.5. The molecule has 1 N–H and O–H groups in total. The van der Waals surface area contributed by atoms with Crippen molar-refractivity contribution in [1.29, 1.82) is 0 Å². The highest BCUT2D eigenvalue weighted by Gasteiger charge is 2.07. The van der Waals surface area contributed by atoms with Gasteiger partial charge in [-0.15, -0.1) is 0 Å². The van der Waals surface area contributed by atoms with E-state index in [9.17, 15) is 0 Å². The van der Waals surface area contributed by atoms with Crippen LogP contribution in [0.4, 0.5) is 0 Å². The minimum atomic E-state index is 0.438. The van der Waals surface area contributed by atoms with Gasteiger partial charge in [-0.25, -0.2) is 0 Å². The largest absolute Gasteiger partial charge is 0.482 e. The first-order valence-corrected chi connectivity index (χ1v) is 7.24. The molecule has 0 bridgehead atoms. The number of rotatable bonds is 9. The fourth-order valence-corrected chi connectivity index (χ4v) is 1.97. The second-order valence-electron chi connectivity index (χ2n) is 4.77. The van der Waals surface area contributed by atoms with Crippen molar-refractivity contribution in [3.63, 3.8) is 0 Å². The fraction of sp³-hybridized carbons (Fsp3) is 0.533. The number of aromatic nitrogens is 2. The van der Waals surface area contributed by atoms with Gasteiger partial charge < -0.3 is 14.5 Å². The van der Waals surface area contributed by atoms with E-state index in [-0.39, 0.29) is 0 Å². The Labute approximate surface area is 119 Å². The summed E-state index contributed by atoms with van der Waals surface area (Å²) in [7, 11) is 0. The summed E-state index contributed by atoms with van der Waals surface area (Å²) in [5, 5.41) is 7.60. The van der Waals surface area contributed by atoms with E-state index in [1.807, 2.05) is 16.9 Å². The zero-order valence-electron chi connectivity index (χ0n) is 12.3. The van der Waals surface area contributed by atoms with E-state index in [1.165, 1.54) is 0 Å². The van der Waals surface area contributed by atoms with Crippen LogP contribution in [0.2, 0.25) is 0 Å². The summed E-state index contributed by atoms with van der Waals surface area (Å²) >= 11 is 0. The van der Waals surface area contributed by atoms with Crippen LogP contribution in [0.15, 0.2) is 29.1 Å². The molecule has 0 atom stereocenters. The second kappa shape index (κ2) is 7.75. The predicted molar refractivity (Wildman–Crippen MR) is 77.6 cm³/mol. The van der Waals surface area contributed by atoms with Crippen molar-refractivity contribution in [2.45, 2.75) is 46.4 Å². The van der Waals surface area contributed by atoms with Crippen LogP contribution in [0.5, 0.6) is 5.75 Å². The minimum Gasteiger partial charge on any atom is -0.482 e. The molecule has 110 valence electrons. The van der Waals surface area contributed by atoms with E-state index in [0.717, 1.165) is 49.5 Å². The molecule has 2 aromatic heterocycles. The molecule has 20 heavy (non-hydrogen) atoms. The lowest BCUT2D eigenvalue weighted by Crippen LogP contribution is -2.14. The quantitative estimate of drug-likeness (QED) is 0.716. The zero-order valence-corrected chi connectivity index (χ0v) is 12.3. The van der Waals surface area contributed by atoms with E-state index in [0.29, 0.717) is 6.61 Å². The van der Waals surface area contributed by atoms with Crippen LogP contribution in [0.3, 0.4) is 0 Å². The van der Waals surface area contributed by atoms with E-state index in [2.05, 4.69) is 24.3 Å². The van der Waals surface area contributed by atoms with Crippen molar-refractivity contribution in [2.24, 2.45) is 0 Å². The highest BCUT2D eigenvalue weighted by Crippen LogP contribution is 2.15. The summed E-state index contributed by atoms with van der Waals surface area (Å²) in [6.07, 6.45) is 7.56. The molecule has 0 aliphatic rings. The number of hydrogen-bond acceptors (Lipinski definition) is 4. The number of nitrogens with one attached hydrogen (secondary N) is 1. The van der Waals surface area contributed by atoms with Gasteiger partial charge in [0, 0.05) is 18.7 Å². The highest BCUT2D eigenvalue weighted by molar-refractivity contribution is 5.18. The molecule has 0 unspecified atom stereocenters. The van der Waals surface area contributed by atoms with E-state index in [1.54, 1.807) is 12.5 Å². The Morgan fingerprint density at radius 2 is 2.25 bits per heavy atom. The Balaban J connectivity index is 1.85. The standard InChI is InChI=1S/C15H23N3O2/c1-3-6-16-9-13-5-8-19-15(13)12-20-14-10-17-18(11-14)7-4-2/h5,8,10-11,16H,3-4,6-7,9,12H2,1-2H3. The van der Waals surface area contributed by atoms with Crippen LogP contribution >= 0.6 is 0 Å². The van der Waals surface area contributed by atoms with Crippen LogP contribution in [0.25, 0.3) is 0 Å². The molecule has 2 aromatic rings. The Morgan fingerprint density at radius 3 is 3.05 bits per heavy atom. The molecule has 0 spiro atoms. The molecule has 0 radical (unpaired) electrons. The first-order valence-electron chi connectivity index (χ1n) is 7.24. The number of hydrogen-bond donors (Lipinski definition) is 1. The molecule has 0 amide bonds. The lowest BCUT2D eigenvalue weighted by molar-refractivity contribution is 0.267. The van der Waals surface area contributed by atoms with E-state index in [4.69, 9.17) is 9.15 Å². The second-order valence-corrected chi connectivity index (χ2v) is 4.77. The van der Waals surface area contributed by atoms with Gasteiger partial charge in [0.05, 0.1) is 18.7 Å². The van der Waals surface area contributed by atoms with Gasteiger partial charge in [0.15, 0.2) is 5.75 Å². The van der Waals surface area contributed by atoms with Gasteiger partial charge in [-0.1, -0.05) is 13.8 Å². The smallest absolute Gasteiger partial charge is 0.157 e. The van der Waals surface area contributed by atoms with Crippen LogP contribution in [0, 0.1) is 0 Å². The van der Waals surface area contributed by atoms with Crippen molar-refractivity contribution >= 4 is 0 Å². The molecule has 0 aliphatic heterocycles. The molecular weight excluding hydrogens is 254 g/mol. The van der Waals surface area contributed by atoms with Crippen molar-refractivity contribution in [2.75, 3.05) is 6.54 Å². The predicted octanol–water partition coefficient (Wildman–Crippen LogP) is 2.96. The third kappa shape index (κ3) is 4.13. The normalized spacial score (nSPS) is 10.9. The Bertz CT molecular complexity index is 505. The monoisotopic (exact) mass is 277 g/mol. The molecule has 2 rings (SSSR count). The van der Waals surface area contributed by atoms with Gasteiger partial charge in [-0.2, -0.15) is 5.10 Å². The summed E-state index contributed by atoms with van der Waals surface area (Å²) in [4.78, 5) is 0. The maximum Gasteiger partial charge on any atom is 0.157 e. The van der Waals surface area contributed by atoms with Crippen molar-refractivity contribution in [1.82, 2.24) is 15.1 Å². The van der Waals surface area contributed by atoms with Crippen LogP contribution in [-0.2, 0) is 19.7 Å². The average molecular weight is 277 g/mol. The summed E-state index contributed by atoms with van der Waals surface area (Å²) in [5.74, 6) is 1.65. The number of aryl methyl sites for hydroxylation is 1. The molecule has 0 aromatic carbocycles. The lowest BCUT2D eigenvalue weighted by atomic mass is 10.2. The van der Waals surface area contributed by atoms with Gasteiger partial charge in [-0.05, 0) is 25.5 Å². The molecule has 2 heterocycles. The number of nitrogens with zero attached hydrogens (tertiary/aromatic N) is 2. The SMILES string of the molecule is CCCNCc1ccoc1COc1cnn(CCC)c1. The van der Waals surface area contributed by atoms with Gasteiger partial charge in [0.2, 0.25) is 0 Å². The molecular formula is C15H23N3O2. The summed E-state index contributed by atoms with van der Waals surface area (Å²) in [5.41, 5.74) is 1.15. The topological polar surface area (TPSA) is 52.2 Å². The van der Waals surface area contributed by atoms with Gasteiger partial charge in [-0.3, -0.25) is 4.68 Å². The first kappa shape index (κ1) is 14.7. The van der Waals surface area contributed by atoms with Gasteiger partial charge >= 0.3 is 0 Å². The molecule has 5 heteroatoms. The maximum atomic E-state index is 5.72. The van der Waals surface area contributed by atoms with Crippen LogP contribution < -0.4 is 10.1 Å². The Kier molecular flexibility index (Phi) is 5.68. The maximum absolute atomic E-state index is 5.72. The molecule has 0 fully saturated rings. The Hall–Kier alpha value is -1.75. The fourth-order valence-electron chi connectivity index (χ4n) is 1.97. The summed E-state index contributed by atoms with van der Waals surface area (Å²) in [6.45, 7) is 7.46. The van der Waals surface area contributed by atoms with E-state index >= 15 is 0 Å². The Morgan fingerprint density at radius 1 is 1.35 bits per heavy atom. The first-order chi connectivity index (χ1) is 9.83. The van der Waals surface area contributed by atoms with Crippen LogP contribution in [0.1, 0.15) is 38.0 Å². The summed E-state index contributed by atoms with van der Waals surface area (Å²) < 4.78 is 13.1. The number of ether oxygens (including phenoxy) is 1. The molecule has 0 saturated carbocycles. The van der Waals surface area contributed by atoms with Crippen molar-refractivity contribution in [3.8, 4) is 5.75 Å². The third-order valence-corrected chi connectivity index (χ3v) is 3.01. The van der Waals surface area contributed by atoms with E-state index < -0.39 is 0 Å². The van der Waals surface area contributed by atoms with Gasteiger partial charge in [0.1, 0.15) is 12.4 Å². The molecule has 0 saturated heterocycles. The third-order valence-electron chi connectivity index (χ3n) is 3.01. The van der Waals surface area contributed by atoms with Crippen molar-refractivity contribution < 1.29 is 9.15 Å². The lowest BCUT2D eigenvalue weighted by Gasteiger charge is -2.05. The average Bonchev–Trinajstić information content (AvgIpc) is 3.06. The van der Waals surface area contributed by atoms with Gasteiger partial charge in [0.25, 0.3) is 0 Å². The van der Waals surface area contributed by atoms with Crippen LogP contribution in [-0.4, -0.2) is 16.3 Å². The summed E-state index contributed by atoms with van der Waals surface area (Å²) in [6, 6.07) is 1.99. The minimum absolute atomic E-state index is 0.438.